The van der Waals surface area contributed by atoms with E-state index in [9.17, 15) is 0 Å². The Morgan fingerprint density at radius 1 is 1.45 bits per heavy atom. The van der Waals surface area contributed by atoms with E-state index in [4.69, 9.17) is 0 Å². The van der Waals surface area contributed by atoms with Gasteiger partial charge in [0.15, 0.2) is 9.48 Å². The number of aromatic nitrogens is 4. The average molecular weight is 260 g/mol. The summed E-state index contributed by atoms with van der Waals surface area (Å²) in [5.41, 5.74) is 0.849. The van der Waals surface area contributed by atoms with Crippen molar-refractivity contribution in [3.63, 3.8) is 0 Å². The van der Waals surface area contributed by atoms with E-state index in [2.05, 4.69) is 37.7 Å². The largest absolute Gasteiger partial charge is 0.214 e. The molecule has 11 heavy (non-hydrogen) atoms. The lowest BCUT2D eigenvalue weighted by Gasteiger charge is -1.96. The van der Waals surface area contributed by atoms with Gasteiger partial charge in [-0.2, -0.15) is 9.61 Å². The molecule has 0 N–H and O–H groups in total. The first-order valence-corrected chi connectivity index (χ1v) is 4.19. The van der Waals surface area contributed by atoms with E-state index in [1.807, 2.05) is 13.0 Å². The van der Waals surface area contributed by atoms with E-state index < -0.39 is 0 Å². The van der Waals surface area contributed by atoms with Crippen LogP contribution in [0.4, 0.5) is 0 Å². The zero-order valence-electron chi connectivity index (χ0n) is 5.82. The van der Waals surface area contributed by atoms with Crippen molar-refractivity contribution in [2.24, 2.45) is 0 Å². The van der Waals surface area contributed by atoms with Gasteiger partial charge in [-0.1, -0.05) is 0 Å². The van der Waals surface area contributed by atoms with E-state index in [0.717, 1.165) is 15.3 Å². The van der Waals surface area contributed by atoms with Gasteiger partial charge >= 0.3 is 0 Å². The van der Waals surface area contributed by atoms with Crippen LogP contribution in [0.2, 0.25) is 0 Å². The monoisotopic (exact) mass is 260 g/mol. The average Bonchev–Trinajstić information content (AvgIpc) is 2.34. The Morgan fingerprint density at radius 3 is 3.09 bits per heavy atom. The molecule has 0 spiro atoms. The molecule has 2 aromatic heterocycles. The quantitative estimate of drug-likeness (QED) is 0.664. The molecule has 56 valence electrons. The normalized spacial score (nSPS) is 10.7. The first-order chi connectivity index (χ1) is 5.27. The Hall–Kier alpha value is -0.720. The molecule has 0 atom stereocenters. The molecule has 0 aliphatic carbocycles. The predicted molar refractivity (Wildman–Crippen MR) is 48.2 cm³/mol. The van der Waals surface area contributed by atoms with Crippen LogP contribution < -0.4 is 0 Å². The van der Waals surface area contributed by atoms with Crippen molar-refractivity contribution in [3.05, 3.63) is 21.9 Å². The lowest BCUT2D eigenvalue weighted by Crippen LogP contribution is -2.01. The lowest BCUT2D eigenvalue weighted by molar-refractivity contribution is 0.834. The second-order valence-corrected chi connectivity index (χ2v) is 3.11. The standard InChI is InChI=1S/C6H5IN4/c1-4-9-5-2-3-8-11(5)6(7)10-4/h2-3H,1H3. The van der Waals surface area contributed by atoms with Gasteiger partial charge in [0.05, 0.1) is 6.20 Å². The Morgan fingerprint density at radius 2 is 2.27 bits per heavy atom. The van der Waals surface area contributed by atoms with Crippen LogP contribution in [0.25, 0.3) is 5.65 Å². The molecular formula is C6H5IN4. The molecule has 2 aromatic rings. The van der Waals surface area contributed by atoms with Gasteiger partial charge in [-0.05, 0) is 6.92 Å². The molecule has 0 bridgehead atoms. The highest BCUT2D eigenvalue weighted by molar-refractivity contribution is 14.1. The maximum atomic E-state index is 4.18. The fourth-order valence-electron chi connectivity index (χ4n) is 0.895. The molecule has 0 aromatic carbocycles. The number of hydrogen-bond donors (Lipinski definition) is 0. The minimum absolute atomic E-state index is 0.780. The molecule has 0 aliphatic rings. The van der Waals surface area contributed by atoms with Gasteiger partial charge in [0.2, 0.25) is 0 Å². The highest BCUT2D eigenvalue weighted by Gasteiger charge is 2.00. The molecule has 0 unspecified atom stereocenters. The van der Waals surface area contributed by atoms with Gasteiger partial charge in [-0.3, -0.25) is 0 Å². The fraction of sp³-hybridized carbons (Fsp3) is 0.167. The van der Waals surface area contributed by atoms with Gasteiger partial charge in [-0.15, -0.1) is 0 Å². The Bertz CT molecular complexity index is 394. The first-order valence-electron chi connectivity index (χ1n) is 3.11. The second-order valence-electron chi connectivity index (χ2n) is 2.14. The van der Waals surface area contributed by atoms with Crippen LogP contribution in [0.5, 0.6) is 0 Å². The van der Waals surface area contributed by atoms with Crippen LogP contribution in [0.1, 0.15) is 5.82 Å². The minimum Gasteiger partial charge on any atom is -0.214 e. The molecule has 0 saturated heterocycles. The van der Waals surface area contributed by atoms with Gasteiger partial charge in [0.1, 0.15) is 5.82 Å². The number of hydrogen-bond acceptors (Lipinski definition) is 3. The highest BCUT2D eigenvalue weighted by atomic mass is 127. The lowest BCUT2D eigenvalue weighted by atomic mass is 10.6. The van der Waals surface area contributed by atoms with Gasteiger partial charge in [0.25, 0.3) is 0 Å². The molecule has 0 amide bonds. The summed E-state index contributed by atoms with van der Waals surface area (Å²) in [5, 5.41) is 4.04. The van der Waals surface area contributed by atoms with E-state index in [1.54, 1.807) is 10.7 Å². The molecule has 0 radical (unpaired) electrons. The third kappa shape index (κ3) is 1.09. The summed E-state index contributed by atoms with van der Waals surface area (Å²) < 4.78 is 2.54. The SMILES string of the molecule is Cc1nc(I)n2nccc2n1. The van der Waals surface area contributed by atoms with E-state index in [0.29, 0.717) is 0 Å². The topological polar surface area (TPSA) is 43.1 Å². The molecule has 0 fully saturated rings. The maximum absolute atomic E-state index is 4.18. The number of halogens is 1. The molecule has 0 saturated carbocycles. The van der Waals surface area contributed by atoms with E-state index in [1.165, 1.54) is 0 Å². The predicted octanol–water partition coefficient (Wildman–Crippen LogP) is 1.04. The molecule has 5 heteroatoms. The molecule has 2 heterocycles. The zero-order chi connectivity index (χ0) is 7.84. The number of aryl methyl sites for hydroxylation is 1. The van der Waals surface area contributed by atoms with Crippen LogP contribution in [0.15, 0.2) is 12.3 Å². The van der Waals surface area contributed by atoms with Gasteiger partial charge in [0, 0.05) is 28.7 Å². The van der Waals surface area contributed by atoms with Crippen molar-refractivity contribution in [2.75, 3.05) is 0 Å². The smallest absolute Gasteiger partial charge is 0.195 e. The van der Waals surface area contributed by atoms with E-state index in [-0.39, 0.29) is 0 Å². The van der Waals surface area contributed by atoms with Crippen LogP contribution in [-0.4, -0.2) is 19.6 Å². The third-order valence-corrected chi connectivity index (χ3v) is 2.03. The number of rotatable bonds is 0. The number of fused-ring (bicyclic) bond motifs is 1. The summed E-state index contributed by atoms with van der Waals surface area (Å²) in [6, 6.07) is 1.86. The van der Waals surface area contributed by atoms with Crippen LogP contribution in [0.3, 0.4) is 0 Å². The zero-order valence-corrected chi connectivity index (χ0v) is 7.98. The molecule has 0 aliphatic heterocycles. The molecule has 4 nitrogen and oxygen atoms in total. The minimum atomic E-state index is 0.780. The summed E-state index contributed by atoms with van der Waals surface area (Å²) in [6.07, 6.45) is 1.71. The summed E-state index contributed by atoms with van der Waals surface area (Å²) in [5.74, 6) is 0.780. The maximum Gasteiger partial charge on any atom is 0.195 e. The summed E-state index contributed by atoms with van der Waals surface area (Å²) in [4.78, 5) is 8.33. The Kier molecular flexibility index (Phi) is 1.52. The van der Waals surface area contributed by atoms with Crippen molar-refractivity contribution in [2.45, 2.75) is 6.92 Å². The third-order valence-electron chi connectivity index (χ3n) is 1.33. The van der Waals surface area contributed by atoms with Crippen LogP contribution in [0, 0.1) is 10.8 Å². The van der Waals surface area contributed by atoms with Crippen LogP contribution >= 0.6 is 22.6 Å². The van der Waals surface area contributed by atoms with Crippen LogP contribution in [-0.2, 0) is 0 Å². The Balaban J connectivity index is 2.91. The van der Waals surface area contributed by atoms with Crippen molar-refractivity contribution >= 4 is 28.2 Å². The summed E-state index contributed by atoms with van der Waals surface area (Å²) >= 11 is 2.13. The van der Waals surface area contributed by atoms with E-state index >= 15 is 0 Å². The molecular weight excluding hydrogens is 255 g/mol. The van der Waals surface area contributed by atoms with Gasteiger partial charge < -0.3 is 0 Å². The molecule has 2 rings (SSSR count). The summed E-state index contributed by atoms with van der Waals surface area (Å²) in [7, 11) is 0. The van der Waals surface area contributed by atoms with Crippen molar-refractivity contribution in [3.8, 4) is 0 Å². The second kappa shape index (κ2) is 2.40. The first kappa shape index (κ1) is 6.96. The number of nitrogens with zero attached hydrogens (tertiary/aromatic N) is 4. The Labute approximate surface area is 76.8 Å². The van der Waals surface area contributed by atoms with Crippen molar-refractivity contribution < 1.29 is 0 Å². The highest BCUT2D eigenvalue weighted by Crippen LogP contribution is 2.04. The van der Waals surface area contributed by atoms with Crippen molar-refractivity contribution in [1.82, 2.24) is 19.6 Å². The van der Waals surface area contributed by atoms with Gasteiger partial charge in [-0.25, -0.2) is 9.97 Å². The fourth-order valence-corrected chi connectivity index (χ4v) is 1.62. The van der Waals surface area contributed by atoms with Crippen molar-refractivity contribution in [1.29, 1.82) is 0 Å². The summed E-state index contributed by atoms with van der Waals surface area (Å²) in [6.45, 7) is 1.87.